The van der Waals surface area contributed by atoms with Gasteiger partial charge in [-0.1, -0.05) is 60.7 Å². The molecule has 1 aliphatic rings. The van der Waals surface area contributed by atoms with Crippen molar-refractivity contribution < 1.29 is 9.18 Å². The molecule has 0 aliphatic carbocycles. The van der Waals surface area contributed by atoms with Crippen LogP contribution in [0.2, 0.25) is 0 Å². The number of rotatable bonds is 3. The van der Waals surface area contributed by atoms with Gasteiger partial charge in [0, 0.05) is 6.54 Å². The van der Waals surface area contributed by atoms with E-state index in [2.05, 4.69) is 0 Å². The number of benzene rings is 2. The average Bonchev–Trinajstić information content (AvgIpc) is 2.48. The van der Waals surface area contributed by atoms with Crippen molar-refractivity contribution in [3.8, 4) is 0 Å². The van der Waals surface area contributed by atoms with Gasteiger partial charge in [0.2, 0.25) is 6.17 Å². The Kier molecular flexibility index (Phi) is 3.03. The fraction of sp³-hybridized carbons (Fsp3) is 0.188. The molecule has 96 valence electrons. The number of nitrogens with zero attached hydrogens (tertiary/aromatic N) is 1. The number of β-lactam (4-membered cyclic amide) rings is 1. The van der Waals surface area contributed by atoms with Gasteiger partial charge in [-0.25, -0.2) is 4.39 Å². The fourth-order valence-electron chi connectivity index (χ4n) is 2.46. The minimum atomic E-state index is -1.41. The standard InChI is InChI=1S/C16H14FNO/c17-14-15(13-9-5-2-6-10-13)18(16(14)19)11-12-7-3-1-4-8-12/h1-10,14-15H,11H2/t14-,15+/m0/s1. The number of likely N-dealkylation sites (tertiary alicyclic amines) is 1. The Morgan fingerprint density at radius 3 is 2.16 bits per heavy atom. The van der Waals surface area contributed by atoms with E-state index in [0.717, 1.165) is 11.1 Å². The van der Waals surface area contributed by atoms with Crippen LogP contribution in [0.25, 0.3) is 0 Å². The van der Waals surface area contributed by atoms with Crippen molar-refractivity contribution in [2.45, 2.75) is 18.8 Å². The number of amides is 1. The molecule has 0 bridgehead atoms. The zero-order valence-corrected chi connectivity index (χ0v) is 10.4. The van der Waals surface area contributed by atoms with Crippen molar-refractivity contribution in [3.63, 3.8) is 0 Å². The average molecular weight is 255 g/mol. The van der Waals surface area contributed by atoms with Crippen molar-refractivity contribution >= 4 is 5.91 Å². The highest BCUT2D eigenvalue weighted by Crippen LogP contribution is 2.38. The fourth-order valence-corrected chi connectivity index (χ4v) is 2.46. The molecule has 2 aromatic rings. The molecular formula is C16H14FNO. The monoisotopic (exact) mass is 255 g/mol. The number of carbonyl (C=O) groups excluding carboxylic acids is 1. The van der Waals surface area contributed by atoms with Crippen LogP contribution in [0.4, 0.5) is 4.39 Å². The molecule has 0 spiro atoms. The van der Waals surface area contributed by atoms with Crippen LogP contribution in [-0.2, 0) is 11.3 Å². The van der Waals surface area contributed by atoms with E-state index in [1.807, 2.05) is 60.7 Å². The van der Waals surface area contributed by atoms with Crippen LogP contribution >= 0.6 is 0 Å². The molecule has 0 unspecified atom stereocenters. The lowest BCUT2D eigenvalue weighted by Crippen LogP contribution is -2.56. The topological polar surface area (TPSA) is 20.3 Å². The molecule has 3 rings (SSSR count). The maximum absolute atomic E-state index is 13.8. The van der Waals surface area contributed by atoms with Crippen molar-refractivity contribution in [2.75, 3.05) is 0 Å². The van der Waals surface area contributed by atoms with E-state index in [0.29, 0.717) is 6.54 Å². The van der Waals surface area contributed by atoms with Crippen molar-refractivity contribution in [2.24, 2.45) is 0 Å². The third-order valence-electron chi connectivity index (χ3n) is 3.47. The van der Waals surface area contributed by atoms with Gasteiger partial charge in [0.05, 0.1) is 6.04 Å². The molecule has 19 heavy (non-hydrogen) atoms. The number of halogens is 1. The third kappa shape index (κ3) is 2.12. The SMILES string of the molecule is O=C1[C@@H](F)[C@@H](c2ccccc2)N1Cc1ccccc1. The maximum atomic E-state index is 13.8. The molecule has 3 heteroatoms. The van der Waals surface area contributed by atoms with Gasteiger partial charge in [0.15, 0.2) is 0 Å². The summed E-state index contributed by atoms with van der Waals surface area (Å²) in [4.78, 5) is 13.3. The molecule has 0 saturated carbocycles. The Hall–Kier alpha value is -2.16. The summed E-state index contributed by atoms with van der Waals surface area (Å²) in [7, 11) is 0. The molecule has 0 radical (unpaired) electrons. The highest BCUT2D eigenvalue weighted by molar-refractivity contribution is 5.88. The maximum Gasteiger partial charge on any atom is 0.260 e. The summed E-state index contributed by atoms with van der Waals surface area (Å²) in [6.45, 7) is 0.458. The molecule has 1 heterocycles. The van der Waals surface area contributed by atoms with Crippen LogP contribution in [-0.4, -0.2) is 17.0 Å². The number of hydrogen-bond acceptors (Lipinski definition) is 1. The summed E-state index contributed by atoms with van der Waals surface area (Å²) in [5.41, 5.74) is 1.87. The minimum absolute atomic E-state index is 0.419. The van der Waals surface area contributed by atoms with E-state index >= 15 is 0 Å². The summed E-state index contributed by atoms with van der Waals surface area (Å²) in [6.07, 6.45) is -1.41. The van der Waals surface area contributed by atoms with Crippen LogP contribution in [0.1, 0.15) is 17.2 Å². The first-order valence-electron chi connectivity index (χ1n) is 6.31. The Labute approximate surface area is 111 Å². The quantitative estimate of drug-likeness (QED) is 0.772. The summed E-state index contributed by atoms with van der Waals surface area (Å²) in [5, 5.41) is 0. The molecule has 2 nitrogen and oxygen atoms in total. The summed E-state index contributed by atoms with van der Waals surface area (Å²) < 4.78 is 13.8. The Bertz CT molecular complexity index is 570. The van der Waals surface area contributed by atoms with Gasteiger partial charge in [-0.15, -0.1) is 0 Å². The number of alkyl halides is 1. The lowest BCUT2D eigenvalue weighted by Gasteiger charge is -2.43. The largest absolute Gasteiger partial charge is 0.325 e. The van der Waals surface area contributed by atoms with Crippen LogP contribution in [0, 0.1) is 0 Å². The molecule has 0 aromatic heterocycles. The van der Waals surface area contributed by atoms with Gasteiger partial charge >= 0.3 is 0 Å². The number of hydrogen-bond donors (Lipinski definition) is 0. The van der Waals surface area contributed by atoms with Crippen molar-refractivity contribution in [1.82, 2.24) is 4.90 Å². The molecule has 0 N–H and O–H groups in total. The van der Waals surface area contributed by atoms with Gasteiger partial charge in [0.1, 0.15) is 0 Å². The van der Waals surface area contributed by atoms with Crippen molar-refractivity contribution in [1.29, 1.82) is 0 Å². The lowest BCUT2D eigenvalue weighted by molar-refractivity contribution is -0.160. The minimum Gasteiger partial charge on any atom is -0.325 e. The van der Waals surface area contributed by atoms with E-state index in [1.54, 1.807) is 4.90 Å². The predicted molar refractivity (Wildman–Crippen MR) is 71.1 cm³/mol. The van der Waals surface area contributed by atoms with Crippen LogP contribution < -0.4 is 0 Å². The Morgan fingerprint density at radius 2 is 1.53 bits per heavy atom. The lowest BCUT2D eigenvalue weighted by atomic mass is 9.91. The van der Waals surface area contributed by atoms with E-state index in [-0.39, 0.29) is 0 Å². The summed E-state index contributed by atoms with van der Waals surface area (Å²) in [5.74, 6) is -0.419. The van der Waals surface area contributed by atoms with Crippen molar-refractivity contribution in [3.05, 3.63) is 71.8 Å². The normalized spacial score (nSPS) is 22.2. The second kappa shape index (κ2) is 4.84. The van der Waals surface area contributed by atoms with Gasteiger partial charge < -0.3 is 4.90 Å². The third-order valence-corrected chi connectivity index (χ3v) is 3.47. The van der Waals surface area contributed by atoms with Gasteiger partial charge in [-0.05, 0) is 11.1 Å². The highest BCUT2D eigenvalue weighted by atomic mass is 19.1. The van der Waals surface area contributed by atoms with Crippen LogP contribution in [0.15, 0.2) is 60.7 Å². The zero-order valence-electron chi connectivity index (χ0n) is 10.4. The predicted octanol–water partition coefficient (Wildman–Crippen LogP) is 3.11. The smallest absolute Gasteiger partial charge is 0.260 e. The number of carbonyl (C=O) groups is 1. The molecule has 1 amide bonds. The molecule has 2 atom stereocenters. The van der Waals surface area contributed by atoms with Crippen LogP contribution in [0.5, 0.6) is 0 Å². The molecular weight excluding hydrogens is 241 g/mol. The van der Waals surface area contributed by atoms with E-state index in [4.69, 9.17) is 0 Å². The van der Waals surface area contributed by atoms with E-state index in [1.165, 1.54) is 0 Å². The molecule has 1 saturated heterocycles. The van der Waals surface area contributed by atoms with Gasteiger partial charge in [-0.2, -0.15) is 0 Å². The van der Waals surface area contributed by atoms with E-state index in [9.17, 15) is 9.18 Å². The van der Waals surface area contributed by atoms with E-state index < -0.39 is 18.1 Å². The zero-order chi connectivity index (χ0) is 13.2. The first-order valence-corrected chi connectivity index (χ1v) is 6.31. The van der Waals surface area contributed by atoms with Crippen LogP contribution in [0.3, 0.4) is 0 Å². The highest BCUT2D eigenvalue weighted by Gasteiger charge is 2.48. The Balaban J connectivity index is 1.82. The second-order valence-electron chi connectivity index (χ2n) is 4.71. The first kappa shape index (κ1) is 11.9. The molecule has 2 aromatic carbocycles. The summed E-state index contributed by atoms with van der Waals surface area (Å²) >= 11 is 0. The van der Waals surface area contributed by atoms with Gasteiger partial charge in [-0.3, -0.25) is 4.79 Å². The second-order valence-corrected chi connectivity index (χ2v) is 4.71. The Morgan fingerprint density at radius 1 is 0.947 bits per heavy atom. The first-order chi connectivity index (χ1) is 9.27. The molecule has 1 aliphatic heterocycles. The van der Waals surface area contributed by atoms with Gasteiger partial charge in [0.25, 0.3) is 5.91 Å². The summed E-state index contributed by atoms with van der Waals surface area (Å²) in [6, 6.07) is 18.6. The molecule has 1 fully saturated rings.